The molecule has 1 aromatic heterocycles. The lowest BCUT2D eigenvalue weighted by molar-refractivity contribution is 0.0953. The Hall–Kier alpha value is -2.43. The van der Waals surface area contributed by atoms with Gasteiger partial charge in [0.1, 0.15) is 0 Å². The molecule has 0 bridgehead atoms. The van der Waals surface area contributed by atoms with Gasteiger partial charge in [0.2, 0.25) is 5.95 Å². The van der Waals surface area contributed by atoms with Crippen LogP contribution in [0.15, 0.2) is 42.7 Å². The summed E-state index contributed by atoms with van der Waals surface area (Å²) in [7, 11) is 0. The number of hydrogen-bond acceptors (Lipinski definition) is 4. The summed E-state index contributed by atoms with van der Waals surface area (Å²) in [5, 5.41) is 6.00. The van der Waals surface area contributed by atoms with Crippen LogP contribution in [0.1, 0.15) is 35.7 Å². The number of benzene rings is 1. The maximum absolute atomic E-state index is 12.0. The van der Waals surface area contributed by atoms with Gasteiger partial charge < -0.3 is 10.6 Å². The van der Waals surface area contributed by atoms with Crippen molar-refractivity contribution in [1.29, 1.82) is 0 Å². The molecule has 0 saturated heterocycles. The molecule has 2 aromatic rings. The second-order valence-electron chi connectivity index (χ2n) is 5.07. The van der Waals surface area contributed by atoms with Crippen LogP contribution >= 0.6 is 0 Å². The van der Waals surface area contributed by atoms with Crippen molar-refractivity contribution in [3.05, 3.63) is 53.9 Å². The summed E-state index contributed by atoms with van der Waals surface area (Å²) < 4.78 is 0. The first kappa shape index (κ1) is 15.9. The number of unbranched alkanes of at least 4 members (excludes halogenated alkanes) is 1. The lowest BCUT2D eigenvalue weighted by Crippen LogP contribution is -2.26. The molecule has 22 heavy (non-hydrogen) atoms. The minimum absolute atomic E-state index is 0.143. The molecule has 2 rings (SSSR count). The maximum Gasteiger partial charge on any atom is 0.254 e. The Balaban J connectivity index is 1.77. The molecule has 0 fully saturated rings. The molecule has 0 saturated carbocycles. The van der Waals surface area contributed by atoms with Gasteiger partial charge in [-0.25, -0.2) is 9.97 Å². The monoisotopic (exact) mass is 298 g/mol. The lowest BCUT2D eigenvalue weighted by Gasteiger charge is -2.06. The summed E-state index contributed by atoms with van der Waals surface area (Å²) in [6, 6.07) is 10.1. The fourth-order valence-corrected chi connectivity index (χ4v) is 1.98. The average Bonchev–Trinajstić information content (AvgIpc) is 2.56. The highest BCUT2D eigenvalue weighted by Crippen LogP contribution is 2.02. The van der Waals surface area contributed by atoms with Gasteiger partial charge in [0, 0.05) is 25.5 Å². The number of carbonyl (C=O) groups is 1. The van der Waals surface area contributed by atoms with E-state index in [9.17, 15) is 4.79 Å². The van der Waals surface area contributed by atoms with Gasteiger partial charge in [0.15, 0.2) is 0 Å². The molecule has 0 unspecified atom stereocenters. The minimum atomic E-state index is -0.143. The second kappa shape index (κ2) is 8.77. The third-order valence-electron chi connectivity index (χ3n) is 3.27. The van der Waals surface area contributed by atoms with E-state index in [1.807, 2.05) is 30.3 Å². The zero-order valence-corrected chi connectivity index (χ0v) is 12.9. The summed E-state index contributed by atoms with van der Waals surface area (Å²) in [6.45, 7) is 3.57. The van der Waals surface area contributed by atoms with Crippen molar-refractivity contribution in [3.8, 4) is 0 Å². The molecule has 1 aromatic carbocycles. The average molecular weight is 298 g/mol. The predicted molar refractivity (Wildman–Crippen MR) is 87.9 cm³/mol. The van der Waals surface area contributed by atoms with Gasteiger partial charge >= 0.3 is 0 Å². The van der Waals surface area contributed by atoms with Crippen molar-refractivity contribution in [2.45, 2.75) is 26.2 Å². The van der Waals surface area contributed by atoms with E-state index in [2.05, 4.69) is 27.5 Å². The van der Waals surface area contributed by atoms with Gasteiger partial charge in [-0.1, -0.05) is 43.7 Å². The Morgan fingerprint density at radius 2 is 1.82 bits per heavy atom. The Bertz CT molecular complexity index is 569. The summed E-state index contributed by atoms with van der Waals surface area (Å²) in [5.74, 6) is 0.422. The number of hydrogen-bond donors (Lipinski definition) is 2. The van der Waals surface area contributed by atoms with Crippen LogP contribution in [0, 0.1) is 0 Å². The molecule has 5 nitrogen and oxygen atoms in total. The molecule has 0 radical (unpaired) electrons. The topological polar surface area (TPSA) is 66.9 Å². The Labute approximate surface area is 131 Å². The van der Waals surface area contributed by atoms with Crippen LogP contribution in [0.5, 0.6) is 0 Å². The predicted octanol–water partition coefficient (Wildman–Crippen LogP) is 2.66. The van der Waals surface area contributed by atoms with Gasteiger partial charge in [-0.2, -0.15) is 0 Å². The largest absolute Gasteiger partial charge is 0.354 e. The Morgan fingerprint density at radius 1 is 1.09 bits per heavy atom. The molecule has 1 heterocycles. The fourth-order valence-electron chi connectivity index (χ4n) is 1.98. The number of amides is 1. The number of aromatic nitrogens is 2. The number of nitrogens with one attached hydrogen (secondary N) is 2. The van der Waals surface area contributed by atoms with Gasteiger partial charge in [-0.05, 0) is 18.4 Å². The summed E-state index contributed by atoms with van der Waals surface area (Å²) in [4.78, 5) is 20.3. The van der Waals surface area contributed by atoms with E-state index in [1.165, 1.54) is 5.56 Å². The van der Waals surface area contributed by atoms with Crippen LogP contribution in [-0.2, 0) is 6.42 Å². The molecular formula is C17H22N4O. The molecule has 0 atom stereocenters. The molecule has 0 aliphatic heterocycles. The van der Waals surface area contributed by atoms with Crippen LogP contribution in [0.2, 0.25) is 0 Å². The van der Waals surface area contributed by atoms with Gasteiger partial charge in [-0.15, -0.1) is 0 Å². The van der Waals surface area contributed by atoms with Crippen LogP contribution in [0.3, 0.4) is 0 Å². The van der Waals surface area contributed by atoms with Crippen molar-refractivity contribution in [2.24, 2.45) is 0 Å². The van der Waals surface area contributed by atoms with Crippen molar-refractivity contribution in [1.82, 2.24) is 15.3 Å². The molecule has 116 valence electrons. The number of rotatable bonds is 8. The van der Waals surface area contributed by atoms with Crippen LogP contribution < -0.4 is 10.6 Å². The highest BCUT2D eigenvalue weighted by Gasteiger charge is 2.06. The number of carbonyl (C=O) groups excluding carboxylic acids is 1. The van der Waals surface area contributed by atoms with Gasteiger partial charge in [0.05, 0.1) is 5.56 Å². The van der Waals surface area contributed by atoms with E-state index in [-0.39, 0.29) is 5.91 Å². The summed E-state index contributed by atoms with van der Waals surface area (Å²) >= 11 is 0. The van der Waals surface area contributed by atoms with E-state index in [1.54, 1.807) is 12.4 Å². The van der Waals surface area contributed by atoms with Gasteiger partial charge in [-0.3, -0.25) is 4.79 Å². The van der Waals surface area contributed by atoms with E-state index in [0.29, 0.717) is 18.1 Å². The van der Waals surface area contributed by atoms with Crippen molar-refractivity contribution >= 4 is 11.9 Å². The molecular weight excluding hydrogens is 276 g/mol. The Morgan fingerprint density at radius 3 is 2.50 bits per heavy atom. The minimum Gasteiger partial charge on any atom is -0.354 e. The normalized spacial score (nSPS) is 10.2. The van der Waals surface area contributed by atoms with Crippen LogP contribution in [0.4, 0.5) is 5.95 Å². The molecule has 2 N–H and O–H groups in total. The molecule has 0 aliphatic rings. The van der Waals surface area contributed by atoms with E-state index in [0.717, 1.165) is 25.8 Å². The second-order valence-corrected chi connectivity index (χ2v) is 5.07. The van der Waals surface area contributed by atoms with Crippen molar-refractivity contribution in [3.63, 3.8) is 0 Å². The Kier molecular flexibility index (Phi) is 6.36. The van der Waals surface area contributed by atoms with Crippen molar-refractivity contribution < 1.29 is 4.79 Å². The quantitative estimate of drug-likeness (QED) is 0.735. The smallest absolute Gasteiger partial charge is 0.254 e. The molecule has 1 amide bonds. The number of nitrogens with zero attached hydrogens (tertiary/aromatic N) is 2. The number of anilines is 1. The SMILES string of the molecule is CCCCNc1ncc(C(=O)NCCc2ccccc2)cn1. The third kappa shape index (κ3) is 5.16. The highest BCUT2D eigenvalue weighted by molar-refractivity contribution is 5.93. The lowest BCUT2D eigenvalue weighted by atomic mass is 10.1. The van der Waals surface area contributed by atoms with Crippen LogP contribution in [-0.4, -0.2) is 29.0 Å². The summed E-state index contributed by atoms with van der Waals surface area (Å²) in [6.07, 6.45) is 6.11. The molecule has 0 aliphatic carbocycles. The van der Waals surface area contributed by atoms with E-state index >= 15 is 0 Å². The van der Waals surface area contributed by atoms with E-state index < -0.39 is 0 Å². The first-order chi connectivity index (χ1) is 10.8. The highest BCUT2D eigenvalue weighted by atomic mass is 16.1. The van der Waals surface area contributed by atoms with E-state index in [4.69, 9.17) is 0 Å². The van der Waals surface area contributed by atoms with Gasteiger partial charge in [0.25, 0.3) is 5.91 Å². The zero-order chi connectivity index (χ0) is 15.6. The van der Waals surface area contributed by atoms with Crippen LogP contribution in [0.25, 0.3) is 0 Å². The fraction of sp³-hybridized carbons (Fsp3) is 0.353. The molecule has 5 heteroatoms. The first-order valence-corrected chi connectivity index (χ1v) is 7.67. The standard InChI is InChI=1S/C17H22N4O/c1-2-3-10-19-17-20-12-15(13-21-17)16(22)18-11-9-14-7-5-4-6-8-14/h4-8,12-13H,2-3,9-11H2,1H3,(H,18,22)(H,19,20,21). The summed E-state index contributed by atoms with van der Waals surface area (Å²) in [5.41, 5.74) is 1.68. The molecule has 0 spiro atoms. The third-order valence-corrected chi connectivity index (χ3v) is 3.27. The first-order valence-electron chi connectivity index (χ1n) is 7.67. The zero-order valence-electron chi connectivity index (χ0n) is 12.9. The van der Waals surface area contributed by atoms with Crippen molar-refractivity contribution in [2.75, 3.05) is 18.4 Å². The maximum atomic E-state index is 12.0.